The van der Waals surface area contributed by atoms with Crippen molar-refractivity contribution >= 4 is 32.7 Å². The van der Waals surface area contributed by atoms with Crippen molar-refractivity contribution in [1.29, 1.82) is 0 Å². The zero-order valence-electron chi connectivity index (χ0n) is 18.1. The van der Waals surface area contributed by atoms with Crippen LogP contribution in [0.15, 0.2) is 52.2 Å². The van der Waals surface area contributed by atoms with Crippen molar-refractivity contribution in [2.75, 3.05) is 18.0 Å². The zero-order chi connectivity index (χ0) is 22.9. The third-order valence-electron chi connectivity index (χ3n) is 4.93. The van der Waals surface area contributed by atoms with Crippen LogP contribution in [-0.2, 0) is 28.9 Å². The van der Waals surface area contributed by atoms with Crippen molar-refractivity contribution in [3.63, 3.8) is 0 Å². The maximum absolute atomic E-state index is 13.6. The van der Waals surface area contributed by atoms with E-state index in [1.54, 1.807) is 58.3 Å². The first-order valence-electron chi connectivity index (χ1n) is 9.68. The summed E-state index contributed by atoms with van der Waals surface area (Å²) in [5, 5.41) is 2.72. The van der Waals surface area contributed by atoms with Crippen LogP contribution in [0.25, 0.3) is 11.0 Å². The molecule has 10 heteroatoms. The predicted molar refractivity (Wildman–Crippen MR) is 119 cm³/mol. The summed E-state index contributed by atoms with van der Waals surface area (Å²) in [6, 6.07) is 10.8. The maximum atomic E-state index is 13.6. The standard InChI is InChI=1S/C21H26N4O5S/c1-14(2)22-20(26)13-25(15-6-8-16(30-5)9-7-15)31(28,29)17-10-11-18-19(12-17)24(4)21(27)23(18)3/h6-12,14H,13H2,1-5H3,(H,22,26). The number of carbonyl (C=O) groups is 1. The first kappa shape index (κ1) is 22.4. The van der Waals surface area contributed by atoms with E-state index in [9.17, 15) is 18.0 Å². The molecular weight excluding hydrogens is 420 g/mol. The first-order valence-corrected chi connectivity index (χ1v) is 11.1. The Morgan fingerprint density at radius 3 is 2.26 bits per heavy atom. The zero-order valence-corrected chi connectivity index (χ0v) is 18.9. The Morgan fingerprint density at radius 1 is 1.06 bits per heavy atom. The van der Waals surface area contributed by atoms with Crippen LogP contribution >= 0.6 is 0 Å². The number of amides is 1. The van der Waals surface area contributed by atoms with Crippen molar-refractivity contribution in [2.24, 2.45) is 14.1 Å². The molecule has 31 heavy (non-hydrogen) atoms. The van der Waals surface area contributed by atoms with Gasteiger partial charge in [-0.15, -0.1) is 0 Å². The van der Waals surface area contributed by atoms with Crippen LogP contribution in [0.2, 0.25) is 0 Å². The van der Waals surface area contributed by atoms with Gasteiger partial charge in [0.05, 0.1) is 28.7 Å². The molecule has 2 aromatic carbocycles. The van der Waals surface area contributed by atoms with Gasteiger partial charge in [0, 0.05) is 20.1 Å². The number of nitrogens with one attached hydrogen (secondary N) is 1. The first-order chi connectivity index (χ1) is 14.6. The highest BCUT2D eigenvalue weighted by Gasteiger charge is 2.28. The van der Waals surface area contributed by atoms with Crippen LogP contribution in [0.5, 0.6) is 5.75 Å². The van der Waals surface area contributed by atoms with Gasteiger partial charge in [0.25, 0.3) is 10.0 Å². The van der Waals surface area contributed by atoms with E-state index in [2.05, 4.69) is 5.32 Å². The smallest absolute Gasteiger partial charge is 0.328 e. The van der Waals surface area contributed by atoms with E-state index in [1.807, 2.05) is 0 Å². The number of benzene rings is 2. The molecule has 1 amide bonds. The van der Waals surface area contributed by atoms with Crippen LogP contribution in [0.3, 0.4) is 0 Å². The number of ether oxygens (including phenoxy) is 1. The highest BCUT2D eigenvalue weighted by Crippen LogP contribution is 2.27. The number of rotatable bonds is 7. The number of aryl methyl sites for hydroxylation is 2. The summed E-state index contributed by atoms with van der Waals surface area (Å²) >= 11 is 0. The molecule has 0 spiro atoms. The second kappa shape index (κ2) is 8.46. The number of sulfonamides is 1. The Kier molecular flexibility index (Phi) is 6.12. The lowest BCUT2D eigenvalue weighted by molar-refractivity contribution is -0.120. The van der Waals surface area contributed by atoms with Crippen molar-refractivity contribution in [2.45, 2.75) is 24.8 Å². The average Bonchev–Trinajstić information content (AvgIpc) is 2.95. The summed E-state index contributed by atoms with van der Waals surface area (Å²) in [4.78, 5) is 24.7. The number of carbonyl (C=O) groups excluding carboxylic acids is 1. The lowest BCUT2D eigenvalue weighted by atomic mass is 10.3. The van der Waals surface area contributed by atoms with Gasteiger partial charge >= 0.3 is 5.69 Å². The van der Waals surface area contributed by atoms with Gasteiger partial charge in [-0.05, 0) is 56.3 Å². The molecule has 0 aliphatic rings. The fourth-order valence-corrected chi connectivity index (χ4v) is 4.78. The van der Waals surface area contributed by atoms with E-state index in [-0.39, 0.29) is 16.6 Å². The predicted octanol–water partition coefficient (Wildman–Crippen LogP) is 1.61. The number of fused-ring (bicyclic) bond motifs is 1. The molecule has 166 valence electrons. The highest BCUT2D eigenvalue weighted by molar-refractivity contribution is 7.92. The lowest BCUT2D eigenvalue weighted by Crippen LogP contribution is -2.42. The second-order valence-electron chi connectivity index (χ2n) is 7.48. The van der Waals surface area contributed by atoms with E-state index in [0.29, 0.717) is 22.5 Å². The SMILES string of the molecule is COc1ccc(N(CC(=O)NC(C)C)S(=O)(=O)c2ccc3c(c2)n(C)c(=O)n3C)cc1. The summed E-state index contributed by atoms with van der Waals surface area (Å²) in [6.45, 7) is 3.21. The fourth-order valence-electron chi connectivity index (χ4n) is 3.34. The Bertz CT molecular complexity index is 1270. The molecule has 9 nitrogen and oxygen atoms in total. The third kappa shape index (κ3) is 4.29. The van der Waals surface area contributed by atoms with Gasteiger partial charge in [-0.1, -0.05) is 0 Å². The number of aromatic nitrogens is 2. The minimum absolute atomic E-state index is 0.0191. The minimum atomic E-state index is -4.11. The van der Waals surface area contributed by atoms with Gasteiger partial charge in [-0.2, -0.15) is 0 Å². The van der Waals surface area contributed by atoms with Gasteiger partial charge < -0.3 is 10.1 Å². The molecule has 1 aromatic heterocycles. The number of methoxy groups -OCH3 is 1. The largest absolute Gasteiger partial charge is 0.497 e. The molecule has 0 fully saturated rings. The Labute approximate surface area is 180 Å². The van der Waals surface area contributed by atoms with E-state index in [4.69, 9.17) is 4.74 Å². The quantitative estimate of drug-likeness (QED) is 0.594. The Hall–Kier alpha value is -3.27. The molecule has 0 atom stereocenters. The fraction of sp³-hybridized carbons (Fsp3) is 0.333. The number of hydrogen-bond donors (Lipinski definition) is 1. The van der Waals surface area contributed by atoms with Crippen molar-refractivity contribution in [3.05, 3.63) is 52.9 Å². The molecular formula is C21H26N4O5S. The molecule has 0 saturated carbocycles. The van der Waals surface area contributed by atoms with Gasteiger partial charge in [-0.25, -0.2) is 13.2 Å². The normalized spacial score (nSPS) is 11.7. The molecule has 0 aliphatic heterocycles. The van der Waals surface area contributed by atoms with Crippen LogP contribution in [0.1, 0.15) is 13.8 Å². The van der Waals surface area contributed by atoms with Crippen LogP contribution in [0, 0.1) is 0 Å². The molecule has 0 aliphatic carbocycles. The molecule has 0 bridgehead atoms. The van der Waals surface area contributed by atoms with Crippen LogP contribution in [0.4, 0.5) is 5.69 Å². The van der Waals surface area contributed by atoms with Gasteiger partial charge in [0.15, 0.2) is 0 Å². The highest BCUT2D eigenvalue weighted by atomic mass is 32.2. The molecule has 3 rings (SSSR count). The minimum Gasteiger partial charge on any atom is -0.497 e. The van der Waals surface area contributed by atoms with Crippen molar-refractivity contribution in [1.82, 2.24) is 14.5 Å². The molecule has 0 unspecified atom stereocenters. The number of hydrogen-bond acceptors (Lipinski definition) is 5. The molecule has 0 saturated heterocycles. The average molecular weight is 447 g/mol. The van der Waals surface area contributed by atoms with Gasteiger partial charge in [-0.3, -0.25) is 18.2 Å². The second-order valence-corrected chi connectivity index (χ2v) is 9.35. The Balaban J connectivity index is 2.11. The summed E-state index contributed by atoms with van der Waals surface area (Å²) in [5.74, 6) is 0.135. The topological polar surface area (TPSA) is 103 Å². The molecule has 3 aromatic rings. The van der Waals surface area contributed by atoms with E-state index >= 15 is 0 Å². The monoisotopic (exact) mass is 446 g/mol. The number of anilines is 1. The van der Waals surface area contributed by atoms with Crippen LogP contribution < -0.4 is 20.0 Å². The molecule has 1 N–H and O–H groups in total. The van der Waals surface area contributed by atoms with Crippen molar-refractivity contribution in [3.8, 4) is 5.75 Å². The van der Waals surface area contributed by atoms with Gasteiger partial charge in [0.1, 0.15) is 12.3 Å². The third-order valence-corrected chi connectivity index (χ3v) is 6.70. The van der Waals surface area contributed by atoms with E-state index < -0.39 is 22.5 Å². The number of nitrogens with zero attached hydrogens (tertiary/aromatic N) is 3. The number of imidazole rings is 1. The van der Waals surface area contributed by atoms with Crippen LogP contribution in [-0.4, -0.2) is 43.2 Å². The lowest BCUT2D eigenvalue weighted by Gasteiger charge is -2.25. The summed E-state index contributed by atoms with van der Waals surface area (Å²) in [6.07, 6.45) is 0. The van der Waals surface area contributed by atoms with E-state index in [1.165, 1.54) is 28.4 Å². The van der Waals surface area contributed by atoms with E-state index in [0.717, 1.165) is 4.31 Å². The molecule has 1 heterocycles. The summed E-state index contributed by atoms with van der Waals surface area (Å²) in [7, 11) is 0.609. The van der Waals surface area contributed by atoms with Crippen molar-refractivity contribution < 1.29 is 17.9 Å². The maximum Gasteiger partial charge on any atom is 0.328 e. The Morgan fingerprint density at radius 2 is 1.68 bits per heavy atom. The summed E-state index contributed by atoms with van der Waals surface area (Å²) in [5.41, 5.74) is 1.16. The van der Waals surface area contributed by atoms with Gasteiger partial charge in [0.2, 0.25) is 5.91 Å². The summed E-state index contributed by atoms with van der Waals surface area (Å²) < 4.78 is 36.2. The molecule has 0 radical (unpaired) electrons.